The first-order chi connectivity index (χ1) is 5.16. The largest absolute Gasteiger partial charge is 0.356 e. The van der Waals surface area contributed by atoms with Crippen molar-refractivity contribution in [3.8, 4) is 0 Å². The van der Waals surface area contributed by atoms with E-state index in [2.05, 4.69) is 4.99 Å². The van der Waals surface area contributed by atoms with Gasteiger partial charge in [-0.05, 0) is 6.92 Å². The van der Waals surface area contributed by atoms with Crippen LogP contribution in [-0.2, 0) is 9.47 Å². The van der Waals surface area contributed by atoms with Gasteiger partial charge in [0.2, 0.25) is 0 Å². The van der Waals surface area contributed by atoms with E-state index in [1.54, 1.807) is 6.92 Å². The van der Waals surface area contributed by atoms with Gasteiger partial charge in [-0.2, -0.15) is 0 Å². The molecule has 0 bridgehead atoms. The molecule has 0 saturated carbocycles. The first-order valence-corrected chi connectivity index (χ1v) is 3.13. The molecule has 0 radical (unpaired) electrons. The number of primary amides is 1. The van der Waals surface area contributed by atoms with Gasteiger partial charge in [-0.3, -0.25) is 0 Å². The van der Waals surface area contributed by atoms with Gasteiger partial charge >= 0.3 is 6.03 Å². The van der Waals surface area contributed by atoms with Gasteiger partial charge < -0.3 is 15.2 Å². The molecule has 0 saturated heterocycles. The van der Waals surface area contributed by atoms with E-state index in [-0.39, 0.29) is 12.9 Å². The Bertz CT molecular complexity index is 147. The van der Waals surface area contributed by atoms with Crippen molar-refractivity contribution in [3.05, 3.63) is 0 Å². The summed E-state index contributed by atoms with van der Waals surface area (Å²) in [5.74, 6) is 0. The monoisotopic (exact) mass is 160 g/mol. The number of nitrogens with two attached hydrogens (primary N) is 1. The van der Waals surface area contributed by atoms with Crippen molar-refractivity contribution >= 4 is 12.2 Å². The molecule has 5 heteroatoms. The molecule has 0 aliphatic heterocycles. The zero-order valence-electron chi connectivity index (χ0n) is 6.61. The van der Waals surface area contributed by atoms with E-state index in [1.807, 2.05) is 0 Å². The molecule has 1 atom stereocenters. The highest BCUT2D eigenvalue weighted by Gasteiger charge is 1.94. The molecule has 2 amide bonds. The van der Waals surface area contributed by atoms with E-state index >= 15 is 0 Å². The molecule has 0 aliphatic carbocycles. The molecule has 64 valence electrons. The van der Waals surface area contributed by atoms with E-state index < -0.39 is 6.03 Å². The average Bonchev–Trinajstić information content (AvgIpc) is 1.97. The van der Waals surface area contributed by atoms with E-state index in [0.717, 1.165) is 0 Å². The van der Waals surface area contributed by atoms with Gasteiger partial charge in [0.1, 0.15) is 0 Å². The normalized spacial score (nSPS) is 13.6. The van der Waals surface area contributed by atoms with Crippen molar-refractivity contribution in [1.29, 1.82) is 0 Å². The minimum Gasteiger partial charge on any atom is -0.356 e. The summed E-state index contributed by atoms with van der Waals surface area (Å²) in [7, 11) is 1.52. The number of aliphatic imine (C=N–C) groups is 1. The van der Waals surface area contributed by atoms with Crippen LogP contribution in [0.25, 0.3) is 0 Å². The maximum absolute atomic E-state index is 10.1. The summed E-state index contributed by atoms with van der Waals surface area (Å²) in [6.07, 6.45) is 0.993. The third-order valence-corrected chi connectivity index (χ3v) is 0.956. The Morgan fingerprint density at radius 3 is 2.91 bits per heavy atom. The molecule has 0 fully saturated rings. The summed E-state index contributed by atoms with van der Waals surface area (Å²) in [5.41, 5.74) is 4.72. The van der Waals surface area contributed by atoms with Gasteiger partial charge in [-0.15, -0.1) is 0 Å². The third kappa shape index (κ3) is 6.95. The van der Waals surface area contributed by atoms with Crippen LogP contribution in [0.2, 0.25) is 0 Å². The van der Waals surface area contributed by atoms with E-state index in [0.29, 0.717) is 0 Å². The summed E-state index contributed by atoms with van der Waals surface area (Å²) < 4.78 is 9.72. The van der Waals surface area contributed by atoms with Gasteiger partial charge in [0.25, 0.3) is 0 Å². The molecule has 2 N–H and O–H groups in total. The number of nitrogens with zero attached hydrogens (tertiary/aromatic N) is 1. The van der Waals surface area contributed by atoms with E-state index in [4.69, 9.17) is 15.2 Å². The SMILES string of the molecule is COC(C)OCC=NC(N)=O. The van der Waals surface area contributed by atoms with Crippen LogP contribution in [0.15, 0.2) is 4.99 Å². The number of methoxy groups -OCH3 is 1. The third-order valence-electron chi connectivity index (χ3n) is 0.956. The highest BCUT2D eigenvalue weighted by Crippen LogP contribution is 1.87. The topological polar surface area (TPSA) is 73.9 Å². The predicted octanol–water partition coefficient (Wildman–Crippen LogP) is 0.145. The number of amides is 2. The smallest absolute Gasteiger partial charge is 0.338 e. The van der Waals surface area contributed by atoms with E-state index in [1.165, 1.54) is 13.3 Å². The van der Waals surface area contributed by atoms with Gasteiger partial charge in [-0.25, -0.2) is 9.79 Å². The standard InChI is InChI=1S/C6H12N2O3/c1-5(10-2)11-4-3-8-6(7)9/h3,5H,4H2,1-2H3,(H2,7,9). The molecule has 0 aromatic heterocycles. The Hall–Kier alpha value is -0.940. The fourth-order valence-corrected chi connectivity index (χ4v) is 0.374. The lowest BCUT2D eigenvalue weighted by Gasteiger charge is -2.07. The quantitative estimate of drug-likeness (QED) is 0.469. The second-order valence-electron chi connectivity index (χ2n) is 1.79. The second-order valence-corrected chi connectivity index (χ2v) is 1.79. The first kappa shape index (κ1) is 10.1. The molecule has 0 spiro atoms. The highest BCUT2D eigenvalue weighted by molar-refractivity contribution is 5.82. The molecule has 0 heterocycles. The molecular formula is C6H12N2O3. The van der Waals surface area contributed by atoms with Crippen molar-refractivity contribution in [1.82, 2.24) is 0 Å². The Kier molecular flexibility index (Phi) is 5.32. The molecule has 5 nitrogen and oxygen atoms in total. The number of ether oxygens (including phenoxy) is 2. The Morgan fingerprint density at radius 1 is 1.82 bits per heavy atom. The van der Waals surface area contributed by atoms with Gasteiger partial charge in [0.05, 0.1) is 6.61 Å². The molecule has 0 aromatic carbocycles. The maximum atomic E-state index is 10.1. The van der Waals surface area contributed by atoms with Crippen LogP contribution in [0.5, 0.6) is 0 Å². The lowest BCUT2D eigenvalue weighted by atomic mass is 10.7. The molecule has 0 aliphatic rings. The lowest BCUT2D eigenvalue weighted by molar-refractivity contribution is -0.0968. The van der Waals surface area contributed by atoms with Crippen molar-refractivity contribution in [3.63, 3.8) is 0 Å². The van der Waals surface area contributed by atoms with Crippen LogP contribution in [0.1, 0.15) is 6.92 Å². The number of carbonyl (C=O) groups excluding carboxylic acids is 1. The van der Waals surface area contributed by atoms with Gasteiger partial charge in [0.15, 0.2) is 6.29 Å². The summed E-state index contributed by atoms with van der Waals surface area (Å²) in [5, 5.41) is 0. The summed E-state index contributed by atoms with van der Waals surface area (Å²) in [4.78, 5) is 13.3. The highest BCUT2D eigenvalue weighted by atomic mass is 16.7. The average molecular weight is 160 g/mol. The van der Waals surface area contributed by atoms with Crippen LogP contribution in [0, 0.1) is 0 Å². The summed E-state index contributed by atoms with van der Waals surface area (Å²) >= 11 is 0. The molecule has 1 unspecified atom stereocenters. The Morgan fingerprint density at radius 2 is 2.45 bits per heavy atom. The number of hydrogen-bond donors (Lipinski definition) is 1. The predicted molar refractivity (Wildman–Crippen MR) is 40.5 cm³/mol. The maximum Gasteiger partial charge on any atom is 0.338 e. The lowest BCUT2D eigenvalue weighted by Crippen LogP contribution is -2.12. The number of carbonyl (C=O) groups is 1. The van der Waals surface area contributed by atoms with E-state index in [9.17, 15) is 4.79 Å². The van der Waals surface area contributed by atoms with Crippen LogP contribution >= 0.6 is 0 Å². The second kappa shape index (κ2) is 5.82. The van der Waals surface area contributed by atoms with Crippen molar-refractivity contribution in [2.45, 2.75) is 13.2 Å². The number of urea groups is 1. The first-order valence-electron chi connectivity index (χ1n) is 3.13. The van der Waals surface area contributed by atoms with Gasteiger partial charge in [0, 0.05) is 13.3 Å². The molecule has 0 aromatic rings. The van der Waals surface area contributed by atoms with Crippen LogP contribution < -0.4 is 5.73 Å². The minimum absolute atomic E-state index is 0.220. The van der Waals surface area contributed by atoms with Crippen molar-refractivity contribution in [2.75, 3.05) is 13.7 Å². The fourth-order valence-electron chi connectivity index (χ4n) is 0.374. The number of hydrogen-bond acceptors (Lipinski definition) is 3. The number of rotatable bonds is 4. The summed E-state index contributed by atoms with van der Waals surface area (Å²) in [6.45, 7) is 1.95. The molecule has 0 rings (SSSR count). The fraction of sp³-hybridized carbons (Fsp3) is 0.667. The minimum atomic E-state index is -0.723. The zero-order chi connectivity index (χ0) is 8.69. The van der Waals surface area contributed by atoms with Gasteiger partial charge in [-0.1, -0.05) is 0 Å². The van der Waals surface area contributed by atoms with Crippen LogP contribution in [0.4, 0.5) is 4.79 Å². The molecule has 11 heavy (non-hydrogen) atoms. The van der Waals surface area contributed by atoms with Crippen LogP contribution in [-0.4, -0.2) is 32.3 Å². The van der Waals surface area contributed by atoms with Crippen molar-refractivity contribution in [2.24, 2.45) is 10.7 Å². The summed E-state index contributed by atoms with van der Waals surface area (Å²) in [6, 6.07) is -0.723. The van der Waals surface area contributed by atoms with Crippen molar-refractivity contribution < 1.29 is 14.3 Å². The zero-order valence-corrected chi connectivity index (χ0v) is 6.61. The van der Waals surface area contributed by atoms with Crippen LogP contribution in [0.3, 0.4) is 0 Å². The Balaban J connectivity index is 3.33. The molecular weight excluding hydrogens is 148 g/mol. The Labute approximate surface area is 65.2 Å².